The molecule has 2 atom stereocenters. The highest BCUT2D eigenvalue weighted by Gasteiger charge is 2.35. The standard InChI is InChI=1S/C20H28N2O3/c23-18-9-4-8-17(18)20(25)22-13-5-12-21(14-15-22)19(24)11-10-16-6-2-1-3-7-16/h1-3,6-7,17-18,23H,4-5,8-15H2. The first-order valence-electron chi connectivity index (χ1n) is 9.43. The van der Waals surface area contributed by atoms with E-state index in [2.05, 4.69) is 0 Å². The van der Waals surface area contributed by atoms with Crippen LogP contribution in [0.5, 0.6) is 0 Å². The van der Waals surface area contributed by atoms with E-state index in [1.54, 1.807) is 0 Å². The summed E-state index contributed by atoms with van der Waals surface area (Å²) in [4.78, 5) is 28.8. The molecule has 2 fully saturated rings. The normalized spacial score (nSPS) is 24.2. The van der Waals surface area contributed by atoms with Gasteiger partial charge in [-0.15, -0.1) is 0 Å². The van der Waals surface area contributed by atoms with Gasteiger partial charge in [-0.25, -0.2) is 0 Å². The van der Waals surface area contributed by atoms with Crippen LogP contribution in [0.4, 0.5) is 0 Å². The smallest absolute Gasteiger partial charge is 0.228 e. The molecule has 2 amide bonds. The molecule has 0 radical (unpaired) electrons. The monoisotopic (exact) mass is 344 g/mol. The third-order valence-corrected chi connectivity index (χ3v) is 5.43. The van der Waals surface area contributed by atoms with Gasteiger partial charge in [-0.2, -0.15) is 0 Å². The van der Waals surface area contributed by atoms with Crippen LogP contribution in [0.2, 0.25) is 0 Å². The van der Waals surface area contributed by atoms with Crippen molar-refractivity contribution in [2.24, 2.45) is 5.92 Å². The van der Waals surface area contributed by atoms with E-state index in [9.17, 15) is 14.7 Å². The van der Waals surface area contributed by atoms with Crippen LogP contribution in [0, 0.1) is 5.92 Å². The van der Waals surface area contributed by atoms with E-state index >= 15 is 0 Å². The van der Waals surface area contributed by atoms with Crippen molar-refractivity contribution in [3.63, 3.8) is 0 Å². The summed E-state index contributed by atoms with van der Waals surface area (Å²) in [5, 5.41) is 9.97. The molecule has 5 heteroatoms. The van der Waals surface area contributed by atoms with E-state index in [1.807, 2.05) is 40.1 Å². The zero-order chi connectivity index (χ0) is 17.6. The molecule has 1 saturated heterocycles. The fourth-order valence-electron chi connectivity index (χ4n) is 3.90. The molecule has 1 aliphatic carbocycles. The summed E-state index contributed by atoms with van der Waals surface area (Å²) in [5.41, 5.74) is 1.18. The van der Waals surface area contributed by atoms with Crippen LogP contribution in [0.25, 0.3) is 0 Å². The average molecular weight is 344 g/mol. The minimum atomic E-state index is -0.487. The lowest BCUT2D eigenvalue weighted by molar-refractivity contribution is -0.138. The third-order valence-electron chi connectivity index (χ3n) is 5.43. The minimum Gasteiger partial charge on any atom is -0.392 e. The first-order chi connectivity index (χ1) is 12.1. The van der Waals surface area contributed by atoms with Crippen molar-refractivity contribution >= 4 is 11.8 Å². The number of rotatable bonds is 4. The second-order valence-corrected chi connectivity index (χ2v) is 7.15. The molecule has 0 spiro atoms. The zero-order valence-corrected chi connectivity index (χ0v) is 14.8. The predicted octanol–water partition coefficient (Wildman–Crippen LogP) is 1.84. The molecule has 1 aromatic rings. The van der Waals surface area contributed by atoms with E-state index in [0.29, 0.717) is 32.6 Å². The van der Waals surface area contributed by atoms with Gasteiger partial charge < -0.3 is 14.9 Å². The van der Waals surface area contributed by atoms with Crippen LogP contribution < -0.4 is 0 Å². The van der Waals surface area contributed by atoms with Gasteiger partial charge in [0.05, 0.1) is 12.0 Å². The van der Waals surface area contributed by atoms with Crippen LogP contribution in [0.1, 0.15) is 37.7 Å². The highest BCUT2D eigenvalue weighted by Crippen LogP contribution is 2.27. The van der Waals surface area contributed by atoms with Crippen molar-refractivity contribution in [3.05, 3.63) is 35.9 Å². The Kier molecular flexibility index (Phi) is 6.08. The number of hydrogen-bond acceptors (Lipinski definition) is 3. The molecule has 5 nitrogen and oxygen atoms in total. The Hall–Kier alpha value is -1.88. The summed E-state index contributed by atoms with van der Waals surface area (Å²) in [6.45, 7) is 2.58. The first-order valence-corrected chi connectivity index (χ1v) is 9.43. The predicted molar refractivity (Wildman–Crippen MR) is 95.9 cm³/mol. The Morgan fingerprint density at radius 3 is 2.40 bits per heavy atom. The number of benzene rings is 1. The van der Waals surface area contributed by atoms with Crippen LogP contribution in [0.15, 0.2) is 30.3 Å². The van der Waals surface area contributed by atoms with Gasteiger partial charge in [-0.05, 0) is 37.7 Å². The van der Waals surface area contributed by atoms with E-state index in [4.69, 9.17) is 0 Å². The second kappa shape index (κ2) is 8.48. The van der Waals surface area contributed by atoms with Gasteiger partial charge >= 0.3 is 0 Å². The first kappa shape index (κ1) is 17.9. The summed E-state index contributed by atoms with van der Waals surface area (Å²) in [6, 6.07) is 10.1. The van der Waals surface area contributed by atoms with Crippen molar-refractivity contribution in [3.8, 4) is 0 Å². The number of carbonyl (C=O) groups is 2. The summed E-state index contributed by atoms with van der Waals surface area (Å²) in [5.74, 6) is 0.00275. The molecule has 1 N–H and O–H groups in total. The zero-order valence-electron chi connectivity index (χ0n) is 14.8. The summed E-state index contributed by atoms with van der Waals surface area (Å²) in [6.07, 6.45) is 4.04. The number of amides is 2. The lowest BCUT2D eigenvalue weighted by Gasteiger charge is -2.26. The van der Waals surface area contributed by atoms with Gasteiger partial charge in [0.25, 0.3) is 0 Å². The molecule has 1 aromatic carbocycles. The second-order valence-electron chi connectivity index (χ2n) is 7.15. The molecule has 2 aliphatic rings. The molecule has 1 heterocycles. The summed E-state index contributed by atoms with van der Waals surface area (Å²) >= 11 is 0. The highest BCUT2D eigenvalue weighted by atomic mass is 16.3. The lowest BCUT2D eigenvalue weighted by Crippen LogP contribution is -2.41. The van der Waals surface area contributed by atoms with Crippen molar-refractivity contribution in [2.45, 2.75) is 44.6 Å². The Morgan fingerprint density at radius 1 is 0.960 bits per heavy atom. The Bertz CT molecular complexity index is 590. The number of carbonyl (C=O) groups excluding carboxylic acids is 2. The Morgan fingerprint density at radius 2 is 1.68 bits per heavy atom. The van der Waals surface area contributed by atoms with Gasteiger partial charge in [0.2, 0.25) is 11.8 Å². The maximum absolute atomic E-state index is 12.6. The summed E-state index contributed by atoms with van der Waals surface area (Å²) in [7, 11) is 0. The SMILES string of the molecule is O=C(CCc1ccccc1)N1CCCN(C(=O)C2CCCC2O)CC1. The van der Waals surface area contributed by atoms with E-state index in [0.717, 1.165) is 32.1 Å². The molecular weight excluding hydrogens is 316 g/mol. The third kappa shape index (κ3) is 4.60. The number of aliphatic hydroxyl groups is 1. The van der Waals surface area contributed by atoms with Crippen LogP contribution in [-0.4, -0.2) is 59.0 Å². The molecule has 1 aliphatic heterocycles. The molecule has 136 valence electrons. The van der Waals surface area contributed by atoms with Gasteiger partial charge in [0.1, 0.15) is 0 Å². The average Bonchev–Trinajstić information content (AvgIpc) is 2.92. The van der Waals surface area contributed by atoms with Gasteiger partial charge in [0.15, 0.2) is 0 Å². The maximum atomic E-state index is 12.6. The van der Waals surface area contributed by atoms with Crippen molar-refractivity contribution in [1.82, 2.24) is 9.80 Å². The van der Waals surface area contributed by atoms with Crippen LogP contribution in [0.3, 0.4) is 0 Å². The lowest BCUT2D eigenvalue weighted by atomic mass is 10.0. The minimum absolute atomic E-state index is 0.0728. The molecule has 0 bridgehead atoms. The fourth-order valence-corrected chi connectivity index (χ4v) is 3.90. The Balaban J connectivity index is 1.49. The molecule has 3 rings (SSSR count). The van der Waals surface area contributed by atoms with E-state index < -0.39 is 6.10 Å². The quantitative estimate of drug-likeness (QED) is 0.907. The van der Waals surface area contributed by atoms with Crippen LogP contribution >= 0.6 is 0 Å². The molecule has 2 unspecified atom stereocenters. The van der Waals surface area contributed by atoms with Gasteiger partial charge in [-0.3, -0.25) is 9.59 Å². The largest absolute Gasteiger partial charge is 0.392 e. The Labute approximate surface area is 149 Å². The van der Waals surface area contributed by atoms with Crippen molar-refractivity contribution < 1.29 is 14.7 Å². The van der Waals surface area contributed by atoms with E-state index in [1.165, 1.54) is 5.56 Å². The van der Waals surface area contributed by atoms with E-state index in [-0.39, 0.29) is 17.7 Å². The molecule has 25 heavy (non-hydrogen) atoms. The molecule has 0 aromatic heterocycles. The topological polar surface area (TPSA) is 60.9 Å². The number of aliphatic hydroxyl groups excluding tert-OH is 1. The van der Waals surface area contributed by atoms with Gasteiger partial charge in [-0.1, -0.05) is 30.3 Å². The highest BCUT2D eigenvalue weighted by molar-refractivity contribution is 5.80. The number of aryl methyl sites for hydroxylation is 1. The maximum Gasteiger partial charge on any atom is 0.228 e. The van der Waals surface area contributed by atoms with Gasteiger partial charge in [0, 0.05) is 32.6 Å². The van der Waals surface area contributed by atoms with Crippen LogP contribution in [-0.2, 0) is 16.0 Å². The van der Waals surface area contributed by atoms with Crippen molar-refractivity contribution in [2.75, 3.05) is 26.2 Å². The number of nitrogens with zero attached hydrogens (tertiary/aromatic N) is 2. The molecular formula is C20H28N2O3. The molecule has 1 saturated carbocycles. The van der Waals surface area contributed by atoms with Crippen molar-refractivity contribution in [1.29, 1.82) is 0 Å². The summed E-state index contributed by atoms with van der Waals surface area (Å²) < 4.78 is 0. The number of hydrogen-bond donors (Lipinski definition) is 1. The fraction of sp³-hybridized carbons (Fsp3) is 0.600.